The molecule has 1 aromatic carbocycles. The van der Waals surface area contributed by atoms with Crippen molar-refractivity contribution in [2.45, 2.75) is 19.8 Å². The third kappa shape index (κ3) is 6.06. The number of primary sulfonamides is 1. The van der Waals surface area contributed by atoms with Crippen molar-refractivity contribution in [1.29, 1.82) is 0 Å². The third-order valence-electron chi connectivity index (χ3n) is 2.59. The molecule has 0 saturated carbocycles. The van der Waals surface area contributed by atoms with Gasteiger partial charge in [0.25, 0.3) is 0 Å². The fraction of sp³-hybridized carbons (Fsp3) is 0.500. The van der Waals surface area contributed by atoms with Gasteiger partial charge in [-0.15, -0.1) is 0 Å². The Labute approximate surface area is 134 Å². The van der Waals surface area contributed by atoms with Crippen LogP contribution in [0, 0.1) is 5.92 Å². The van der Waals surface area contributed by atoms with Crippen molar-refractivity contribution in [2.24, 2.45) is 11.1 Å². The molecule has 8 heteroatoms. The van der Waals surface area contributed by atoms with Crippen molar-refractivity contribution < 1.29 is 13.2 Å². The second kappa shape index (κ2) is 7.71. The quantitative estimate of drug-likeness (QED) is 0.805. The summed E-state index contributed by atoms with van der Waals surface area (Å²) in [5.41, 5.74) is 0. The zero-order valence-corrected chi connectivity index (χ0v) is 14.0. The highest BCUT2D eigenvalue weighted by molar-refractivity contribution is 7.89. The molecule has 1 rings (SSSR count). The fourth-order valence-electron chi connectivity index (χ4n) is 1.82. The molecule has 2 N–H and O–H groups in total. The summed E-state index contributed by atoms with van der Waals surface area (Å²) in [5.74, 6) is -0.0463. The molecule has 0 aromatic heterocycles. The van der Waals surface area contributed by atoms with Crippen molar-refractivity contribution in [3.63, 3.8) is 0 Å². The first-order valence-electron chi connectivity index (χ1n) is 6.00. The second-order valence-corrected chi connectivity index (χ2v) is 7.40. The van der Waals surface area contributed by atoms with E-state index >= 15 is 0 Å². The monoisotopic (exact) mass is 359 g/mol. The average molecular weight is 361 g/mol. The van der Waals surface area contributed by atoms with Crippen molar-refractivity contribution in [2.75, 3.05) is 12.4 Å². The van der Waals surface area contributed by atoms with E-state index in [-0.39, 0.29) is 28.3 Å². The number of rotatable bonds is 7. The van der Waals surface area contributed by atoms with E-state index in [2.05, 4.69) is 0 Å². The Morgan fingerprint density at radius 1 is 1.25 bits per heavy atom. The highest BCUT2D eigenvalue weighted by atomic mass is 35.5. The van der Waals surface area contributed by atoms with Gasteiger partial charge >= 0.3 is 0 Å². The number of nitrogens with two attached hydrogens (primary N) is 1. The summed E-state index contributed by atoms with van der Waals surface area (Å²) in [5, 5.41) is 6.04. The average Bonchev–Trinajstić information content (AvgIpc) is 2.25. The van der Waals surface area contributed by atoms with E-state index in [0.717, 1.165) is 6.42 Å². The number of hydrogen-bond donors (Lipinski definition) is 1. The standard InChI is InChI=1S/C12H16Cl3NO3S/c1-2-3-8(7-20(16,17)18)6-19-12-10(14)4-9(13)5-11(12)15/h4-5,8H,2-3,6-7H2,1H3,(H2,16,17,18). The van der Waals surface area contributed by atoms with Crippen LogP contribution in [0.25, 0.3) is 0 Å². The van der Waals surface area contributed by atoms with Crippen LogP contribution in [0.4, 0.5) is 0 Å². The molecule has 4 nitrogen and oxygen atoms in total. The Hall–Kier alpha value is -0.200. The van der Waals surface area contributed by atoms with Gasteiger partial charge in [0.1, 0.15) is 0 Å². The molecule has 0 aliphatic rings. The van der Waals surface area contributed by atoms with Crippen molar-refractivity contribution in [3.8, 4) is 5.75 Å². The van der Waals surface area contributed by atoms with Crippen LogP contribution in [-0.2, 0) is 10.0 Å². The van der Waals surface area contributed by atoms with Gasteiger partial charge in [-0.05, 0) is 18.6 Å². The number of halogens is 3. The maximum Gasteiger partial charge on any atom is 0.209 e. The zero-order valence-electron chi connectivity index (χ0n) is 10.9. The van der Waals surface area contributed by atoms with Crippen LogP contribution in [0.1, 0.15) is 19.8 Å². The Morgan fingerprint density at radius 2 is 1.80 bits per heavy atom. The lowest BCUT2D eigenvalue weighted by Crippen LogP contribution is -2.27. The Balaban J connectivity index is 2.77. The second-order valence-electron chi connectivity index (χ2n) is 4.49. The lowest BCUT2D eigenvalue weighted by molar-refractivity contribution is 0.253. The molecule has 0 saturated heterocycles. The van der Waals surface area contributed by atoms with Gasteiger partial charge in [-0.3, -0.25) is 0 Å². The first-order valence-corrected chi connectivity index (χ1v) is 8.85. The number of ether oxygens (including phenoxy) is 1. The van der Waals surface area contributed by atoms with E-state index in [9.17, 15) is 8.42 Å². The Bertz CT molecular complexity index is 540. The highest BCUT2D eigenvalue weighted by Gasteiger charge is 2.18. The van der Waals surface area contributed by atoms with E-state index in [1.807, 2.05) is 6.92 Å². The summed E-state index contributed by atoms with van der Waals surface area (Å²) in [7, 11) is -3.54. The lowest BCUT2D eigenvalue weighted by Gasteiger charge is -2.17. The normalized spacial score (nSPS) is 13.2. The summed E-state index contributed by atoms with van der Waals surface area (Å²) >= 11 is 17.8. The smallest absolute Gasteiger partial charge is 0.209 e. The van der Waals surface area contributed by atoms with E-state index in [0.29, 0.717) is 17.2 Å². The molecule has 0 radical (unpaired) electrons. The van der Waals surface area contributed by atoms with Crippen molar-refractivity contribution >= 4 is 44.8 Å². The molecule has 1 aromatic rings. The Morgan fingerprint density at radius 3 is 2.25 bits per heavy atom. The number of benzene rings is 1. The molecule has 1 atom stereocenters. The van der Waals surface area contributed by atoms with Gasteiger partial charge in [0.05, 0.1) is 22.4 Å². The zero-order chi connectivity index (χ0) is 15.3. The maximum atomic E-state index is 11.2. The summed E-state index contributed by atoms with van der Waals surface area (Å²) < 4.78 is 27.9. The maximum absolute atomic E-state index is 11.2. The molecule has 0 aliphatic carbocycles. The summed E-state index contributed by atoms with van der Waals surface area (Å²) in [6, 6.07) is 3.03. The minimum atomic E-state index is -3.54. The van der Waals surface area contributed by atoms with Crippen LogP contribution in [0.5, 0.6) is 5.75 Å². The summed E-state index contributed by atoms with van der Waals surface area (Å²) in [6.45, 7) is 2.13. The number of hydrogen-bond acceptors (Lipinski definition) is 3. The molecule has 1 unspecified atom stereocenters. The molecule has 0 heterocycles. The minimum absolute atomic E-state index is 0.135. The van der Waals surface area contributed by atoms with Crippen LogP contribution in [-0.4, -0.2) is 20.8 Å². The van der Waals surface area contributed by atoms with Crippen LogP contribution >= 0.6 is 34.8 Å². The van der Waals surface area contributed by atoms with Crippen LogP contribution in [0.15, 0.2) is 12.1 Å². The molecule has 0 spiro atoms. The SMILES string of the molecule is CCCC(COc1c(Cl)cc(Cl)cc1Cl)CS(N)(=O)=O. The van der Waals surface area contributed by atoms with Gasteiger partial charge in [-0.2, -0.15) is 0 Å². The van der Waals surface area contributed by atoms with Crippen LogP contribution in [0.2, 0.25) is 15.1 Å². The molecular weight excluding hydrogens is 345 g/mol. The van der Waals surface area contributed by atoms with Crippen LogP contribution in [0.3, 0.4) is 0 Å². The molecule has 0 amide bonds. The summed E-state index contributed by atoms with van der Waals surface area (Å²) in [6.07, 6.45) is 1.50. The van der Waals surface area contributed by atoms with Gasteiger partial charge in [-0.25, -0.2) is 13.6 Å². The Kier molecular flexibility index (Phi) is 6.88. The minimum Gasteiger partial charge on any atom is -0.490 e. The van der Waals surface area contributed by atoms with E-state index in [1.165, 1.54) is 12.1 Å². The van der Waals surface area contributed by atoms with Crippen molar-refractivity contribution in [3.05, 3.63) is 27.2 Å². The molecule has 0 fully saturated rings. The van der Waals surface area contributed by atoms with Gasteiger partial charge in [0, 0.05) is 10.9 Å². The third-order valence-corrected chi connectivity index (χ3v) is 4.31. The number of sulfonamides is 1. The first-order chi connectivity index (χ1) is 9.23. The first kappa shape index (κ1) is 17.9. The largest absolute Gasteiger partial charge is 0.490 e. The lowest BCUT2D eigenvalue weighted by atomic mass is 10.1. The fourth-order valence-corrected chi connectivity index (χ4v) is 3.67. The van der Waals surface area contributed by atoms with E-state index in [1.54, 1.807) is 0 Å². The highest BCUT2D eigenvalue weighted by Crippen LogP contribution is 2.36. The topological polar surface area (TPSA) is 69.4 Å². The molecular formula is C12H16Cl3NO3S. The molecule has 0 bridgehead atoms. The van der Waals surface area contributed by atoms with Gasteiger partial charge in [0.2, 0.25) is 10.0 Å². The van der Waals surface area contributed by atoms with Gasteiger partial charge < -0.3 is 4.74 Å². The van der Waals surface area contributed by atoms with Crippen molar-refractivity contribution in [1.82, 2.24) is 0 Å². The van der Waals surface area contributed by atoms with Gasteiger partial charge in [0.15, 0.2) is 5.75 Å². The van der Waals surface area contributed by atoms with E-state index < -0.39 is 10.0 Å². The molecule has 20 heavy (non-hydrogen) atoms. The molecule has 114 valence electrons. The molecule has 0 aliphatic heterocycles. The van der Waals surface area contributed by atoms with Crippen LogP contribution < -0.4 is 9.88 Å². The predicted octanol–water partition coefficient (Wildman–Crippen LogP) is 3.73. The van der Waals surface area contributed by atoms with Gasteiger partial charge in [-0.1, -0.05) is 48.1 Å². The van der Waals surface area contributed by atoms with E-state index in [4.69, 9.17) is 44.7 Å². The summed E-state index contributed by atoms with van der Waals surface area (Å²) in [4.78, 5) is 0. The predicted molar refractivity (Wildman–Crippen MR) is 83.3 cm³/mol.